The Morgan fingerprint density at radius 1 is 1.32 bits per heavy atom. The van der Waals surface area contributed by atoms with Gasteiger partial charge in [0.25, 0.3) is 0 Å². The number of ether oxygens (including phenoxy) is 1. The number of carbonyl (C=O) groups is 1. The number of morpholine rings is 1. The number of nitrogens with one attached hydrogen (secondary N) is 1. The summed E-state index contributed by atoms with van der Waals surface area (Å²) in [4.78, 5) is 14.8. The molecule has 1 aromatic heterocycles. The van der Waals surface area contributed by atoms with E-state index in [0.717, 1.165) is 41.4 Å². The molecule has 1 aromatic carbocycles. The topological polar surface area (TPSA) is 59.4 Å². The van der Waals surface area contributed by atoms with E-state index >= 15 is 0 Å². The molecule has 1 saturated heterocycles. The van der Waals surface area contributed by atoms with Gasteiger partial charge < -0.3 is 15.0 Å². The normalized spacial score (nSPS) is 14.6. The first kappa shape index (κ1) is 17.8. The molecule has 1 aliphatic heterocycles. The molecular formula is C18H23ClN4O2. The number of rotatable bonds is 4. The molecule has 0 radical (unpaired) electrons. The molecule has 0 unspecified atom stereocenters. The largest absolute Gasteiger partial charge is 0.378 e. The summed E-state index contributed by atoms with van der Waals surface area (Å²) in [7, 11) is 1.89. The van der Waals surface area contributed by atoms with Crippen molar-refractivity contribution in [3.8, 4) is 0 Å². The van der Waals surface area contributed by atoms with Crippen molar-refractivity contribution in [2.24, 2.45) is 7.05 Å². The third kappa shape index (κ3) is 3.80. The minimum Gasteiger partial charge on any atom is -0.378 e. The Balaban J connectivity index is 1.80. The van der Waals surface area contributed by atoms with E-state index in [9.17, 15) is 4.79 Å². The molecule has 0 spiro atoms. The molecule has 3 rings (SSSR count). The monoisotopic (exact) mass is 362 g/mol. The Hall–Kier alpha value is -2.05. The number of hydrogen-bond acceptors (Lipinski definition) is 4. The van der Waals surface area contributed by atoms with Crippen LogP contribution in [0.25, 0.3) is 0 Å². The maximum Gasteiger partial charge on any atom is 0.228 e. The summed E-state index contributed by atoms with van der Waals surface area (Å²) < 4.78 is 7.21. The lowest BCUT2D eigenvalue weighted by Crippen LogP contribution is -2.37. The van der Waals surface area contributed by atoms with E-state index in [4.69, 9.17) is 16.3 Å². The molecule has 2 aromatic rings. The van der Waals surface area contributed by atoms with Gasteiger partial charge in [0.2, 0.25) is 5.91 Å². The fourth-order valence-corrected chi connectivity index (χ4v) is 3.45. The highest BCUT2D eigenvalue weighted by atomic mass is 35.5. The summed E-state index contributed by atoms with van der Waals surface area (Å²) in [5, 5.41) is 8.02. The number of halogens is 1. The van der Waals surface area contributed by atoms with Crippen LogP contribution in [0, 0.1) is 13.8 Å². The zero-order valence-electron chi connectivity index (χ0n) is 14.8. The van der Waals surface area contributed by atoms with Gasteiger partial charge in [0, 0.05) is 31.4 Å². The number of hydrogen-bond donors (Lipinski definition) is 1. The van der Waals surface area contributed by atoms with Crippen molar-refractivity contribution in [3.63, 3.8) is 0 Å². The molecule has 0 bridgehead atoms. The fraction of sp³-hybridized carbons (Fsp3) is 0.444. The van der Waals surface area contributed by atoms with E-state index in [2.05, 4.69) is 15.3 Å². The SMILES string of the molecule is Cc1nn(C)c(C)c1CC(=O)Nc1cccc(Cl)c1N1CCOCC1. The number of benzene rings is 1. The minimum atomic E-state index is -0.0732. The van der Waals surface area contributed by atoms with Crippen LogP contribution in [-0.2, 0) is 23.0 Å². The van der Waals surface area contributed by atoms with Crippen molar-refractivity contribution in [2.45, 2.75) is 20.3 Å². The van der Waals surface area contributed by atoms with Gasteiger partial charge in [-0.05, 0) is 26.0 Å². The van der Waals surface area contributed by atoms with Crippen molar-refractivity contribution in [2.75, 3.05) is 36.5 Å². The van der Waals surface area contributed by atoms with Gasteiger partial charge in [-0.2, -0.15) is 5.10 Å². The first-order valence-corrected chi connectivity index (χ1v) is 8.75. The lowest BCUT2D eigenvalue weighted by atomic mass is 10.1. The van der Waals surface area contributed by atoms with Gasteiger partial charge in [-0.15, -0.1) is 0 Å². The zero-order valence-corrected chi connectivity index (χ0v) is 15.6. The molecule has 1 aliphatic rings. The van der Waals surface area contributed by atoms with Gasteiger partial charge in [-0.1, -0.05) is 17.7 Å². The third-order valence-electron chi connectivity index (χ3n) is 4.58. The van der Waals surface area contributed by atoms with Gasteiger partial charge in [0.15, 0.2) is 0 Å². The van der Waals surface area contributed by atoms with Crippen molar-refractivity contribution < 1.29 is 9.53 Å². The van der Waals surface area contributed by atoms with E-state index in [1.807, 2.05) is 39.1 Å². The predicted molar refractivity (Wildman–Crippen MR) is 99.5 cm³/mol. The number of para-hydroxylation sites is 1. The van der Waals surface area contributed by atoms with Gasteiger partial charge in [0.05, 0.1) is 41.7 Å². The van der Waals surface area contributed by atoms with Crippen LogP contribution in [-0.4, -0.2) is 42.0 Å². The number of carbonyl (C=O) groups excluding carboxylic acids is 1. The van der Waals surface area contributed by atoms with E-state index in [-0.39, 0.29) is 5.91 Å². The lowest BCUT2D eigenvalue weighted by molar-refractivity contribution is -0.115. The van der Waals surface area contributed by atoms with E-state index in [1.54, 1.807) is 4.68 Å². The Morgan fingerprint density at radius 2 is 2.04 bits per heavy atom. The average Bonchev–Trinajstić information content (AvgIpc) is 2.82. The number of amides is 1. The molecule has 1 N–H and O–H groups in total. The summed E-state index contributed by atoms with van der Waals surface area (Å²) in [6.07, 6.45) is 0.292. The van der Waals surface area contributed by atoms with Crippen LogP contribution in [0.15, 0.2) is 18.2 Å². The Bertz CT molecular complexity index is 782. The highest BCUT2D eigenvalue weighted by Crippen LogP contribution is 2.34. The van der Waals surface area contributed by atoms with Gasteiger partial charge in [0.1, 0.15) is 0 Å². The molecule has 1 fully saturated rings. The Morgan fingerprint density at radius 3 is 2.68 bits per heavy atom. The highest BCUT2D eigenvalue weighted by Gasteiger charge is 2.20. The van der Waals surface area contributed by atoms with Crippen LogP contribution >= 0.6 is 11.6 Å². The second kappa shape index (κ2) is 7.45. The number of anilines is 2. The summed E-state index contributed by atoms with van der Waals surface area (Å²) in [5.41, 5.74) is 4.45. The van der Waals surface area contributed by atoms with Gasteiger partial charge in [-0.3, -0.25) is 9.48 Å². The standard InChI is InChI=1S/C18H23ClN4O2/c1-12-14(13(2)22(3)21-12)11-17(24)20-16-6-4-5-15(19)18(16)23-7-9-25-10-8-23/h4-6H,7-11H2,1-3H3,(H,20,24). The van der Waals surface area contributed by atoms with Crippen LogP contribution in [0.3, 0.4) is 0 Å². The maximum atomic E-state index is 12.6. The summed E-state index contributed by atoms with van der Waals surface area (Å²) in [6, 6.07) is 5.58. The zero-order chi connectivity index (χ0) is 18.0. The van der Waals surface area contributed by atoms with E-state index in [0.29, 0.717) is 24.7 Å². The molecule has 0 atom stereocenters. The second-order valence-corrected chi connectivity index (χ2v) is 6.64. The van der Waals surface area contributed by atoms with Crippen molar-refractivity contribution in [1.29, 1.82) is 0 Å². The van der Waals surface area contributed by atoms with Crippen molar-refractivity contribution in [1.82, 2.24) is 9.78 Å². The Labute approximate surface area is 152 Å². The summed E-state index contributed by atoms with van der Waals surface area (Å²) in [6.45, 7) is 6.73. The van der Waals surface area contributed by atoms with Crippen molar-refractivity contribution >= 4 is 28.9 Å². The number of aryl methyl sites for hydroxylation is 2. The summed E-state index contributed by atoms with van der Waals surface area (Å²) >= 11 is 6.41. The molecule has 0 saturated carbocycles. The number of aromatic nitrogens is 2. The van der Waals surface area contributed by atoms with E-state index < -0.39 is 0 Å². The van der Waals surface area contributed by atoms with Crippen molar-refractivity contribution in [3.05, 3.63) is 40.2 Å². The van der Waals surface area contributed by atoms with Gasteiger partial charge >= 0.3 is 0 Å². The first-order valence-electron chi connectivity index (χ1n) is 8.37. The maximum absolute atomic E-state index is 12.6. The molecule has 0 aliphatic carbocycles. The molecule has 134 valence electrons. The average molecular weight is 363 g/mol. The van der Waals surface area contributed by atoms with Crippen LogP contribution in [0.2, 0.25) is 5.02 Å². The summed E-state index contributed by atoms with van der Waals surface area (Å²) in [5.74, 6) is -0.0732. The molecule has 2 heterocycles. The lowest BCUT2D eigenvalue weighted by Gasteiger charge is -2.31. The molecule has 6 nitrogen and oxygen atoms in total. The molecule has 7 heteroatoms. The van der Waals surface area contributed by atoms with Crippen LogP contribution in [0.4, 0.5) is 11.4 Å². The molecule has 25 heavy (non-hydrogen) atoms. The minimum absolute atomic E-state index is 0.0732. The fourth-order valence-electron chi connectivity index (χ4n) is 3.15. The Kier molecular flexibility index (Phi) is 5.30. The smallest absolute Gasteiger partial charge is 0.228 e. The van der Waals surface area contributed by atoms with Crippen LogP contribution < -0.4 is 10.2 Å². The second-order valence-electron chi connectivity index (χ2n) is 6.23. The quantitative estimate of drug-likeness (QED) is 0.908. The third-order valence-corrected chi connectivity index (χ3v) is 4.89. The van der Waals surface area contributed by atoms with Crippen LogP contribution in [0.5, 0.6) is 0 Å². The van der Waals surface area contributed by atoms with Crippen LogP contribution in [0.1, 0.15) is 17.0 Å². The molecular weight excluding hydrogens is 340 g/mol. The van der Waals surface area contributed by atoms with E-state index in [1.165, 1.54) is 0 Å². The first-order chi connectivity index (χ1) is 12.0. The van der Waals surface area contributed by atoms with Gasteiger partial charge in [-0.25, -0.2) is 0 Å². The highest BCUT2D eigenvalue weighted by molar-refractivity contribution is 6.34. The number of nitrogens with zero attached hydrogens (tertiary/aromatic N) is 3. The predicted octanol–water partition coefficient (Wildman–Crippen LogP) is 2.71. The molecule has 1 amide bonds.